The third-order valence-electron chi connectivity index (χ3n) is 1.93. The fourth-order valence-electron chi connectivity index (χ4n) is 1.20. The van der Waals surface area contributed by atoms with E-state index in [1.165, 1.54) is 12.8 Å². The van der Waals surface area contributed by atoms with Crippen LogP contribution >= 0.6 is 15.9 Å². The molecule has 0 aromatic carbocycles. The molecule has 0 fully saturated rings. The van der Waals surface area contributed by atoms with E-state index in [-0.39, 0.29) is 5.56 Å². The second-order valence-electron chi connectivity index (χ2n) is 2.98. The molecule has 3 heteroatoms. The van der Waals surface area contributed by atoms with E-state index in [0.717, 1.165) is 18.3 Å². The van der Waals surface area contributed by atoms with Gasteiger partial charge in [-0.1, -0.05) is 28.4 Å². The van der Waals surface area contributed by atoms with Crippen molar-refractivity contribution < 1.29 is 0 Å². The van der Waals surface area contributed by atoms with Crippen LogP contribution in [-0.4, -0.2) is 9.90 Å². The van der Waals surface area contributed by atoms with Crippen LogP contribution in [0.5, 0.6) is 0 Å². The van der Waals surface area contributed by atoms with Gasteiger partial charge in [0.05, 0.1) is 0 Å². The normalized spacial score (nSPS) is 10.2. The van der Waals surface area contributed by atoms with Gasteiger partial charge in [0.1, 0.15) is 0 Å². The highest BCUT2D eigenvalue weighted by Gasteiger charge is 1.92. The van der Waals surface area contributed by atoms with Crippen LogP contribution in [0.15, 0.2) is 29.2 Å². The van der Waals surface area contributed by atoms with Gasteiger partial charge in [0, 0.05) is 24.1 Å². The summed E-state index contributed by atoms with van der Waals surface area (Å²) in [5, 5.41) is 1.05. The summed E-state index contributed by atoms with van der Waals surface area (Å²) in [4.78, 5) is 11.2. The van der Waals surface area contributed by atoms with Crippen molar-refractivity contribution in [3.8, 4) is 0 Å². The monoisotopic (exact) mass is 243 g/mol. The van der Waals surface area contributed by atoms with E-state index in [1.807, 2.05) is 12.3 Å². The van der Waals surface area contributed by atoms with E-state index in [9.17, 15) is 4.79 Å². The average molecular weight is 244 g/mol. The lowest BCUT2D eigenvalue weighted by molar-refractivity contribution is 0.590. The number of aromatic nitrogens is 1. The van der Waals surface area contributed by atoms with Crippen molar-refractivity contribution in [2.24, 2.45) is 0 Å². The van der Waals surface area contributed by atoms with E-state index >= 15 is 0 Å². The number of hydrogen-bond acceptors (Lipinski definition) is 1. The van der Waals surface area contributed by atoms with Crippen LogP contribution in [0.2, 0.25) is 0 Å². The highest BCUT2D eigenvalue weighted by atomic mass is 79.9. The van der Waals surface area contributed by atoms with Gasteiger partial charge in [0.15, 0.2) is 0 Å². The van der Waals surface area contributed by atoms with Crippen molar-refractivity contribution in [2.45, 2.75) is 25.8 Å². The van der Waals surface area contributed by atoms with Gasteiger partial charge in [-0.2, -0.15) is 0 Å². The van der Waals surface area contributed by atoms with Crippen molar-refractivity contribution >= 4 is 15.9 Å². The topological polar surface area (TPSA) is 22.0 Å². The lowest BCUT2D eigenvalue weighted by atomic mass is 10.2. The van der Waals surface area contributed by atoms with Crippen LogP contribution < -0.4 is 5.56 Å². The molecule has 1 aromatic rings. The average Bonchev–Trinajstić information content (AvgIpc) is 2.15. The summed E-state index contributed by atoms with van der Waals surface area (Å²) in [6, 6.07) is 5.27. The van der Waals surface area contributed by atoms with Crippen molar-refractivity contribution in [1.82, 2.24) is 4.57 Å². The summed E-state index contributed by atoms with van der Waals surface area (Å²) >= 11 is 3.38. The van der Waals surface area contributed by atoms with E-state index in [2.05, 4.69) is 15.9 Å². The molecule has 0 unspecified atom stereocenters. The Kier molecular flexibility index (Phi) is 4.83. The van der Waals surface area contributed by atoms with Crippen molar-refractivity contribution in [3.05, 3.63) is 34.7 Å². The molecule has 0 N–H and O–H groups in total. The Labute approximate surface area is 86.7 Å². The number of alkyl halides is 1. The van der Waals surface area contributed by atoms with Crippen LogP contribution in [0.25, 0.3) is 0 Å². The lowest BCUT2D eigenvalue weighted by Gasteiger charge is -2.03. The molecule has 0 aliphatic rings. The summed E-state index contributed by atoms with van der Waals surface area (Å²) in [6.45, 7) is 0.840. The molecule has 0 radical (unpaired) electrons. The maximum Gasteiger partial charge on any atom is 0.250 e. The molecule has 72 valence electrons. The number of hydrogen-bond donors (Lipinski definition) is 0. The van der Waals surface area contributed by atoms with E-state index in [1.54, 1.807) is 16.7 Å². The van der Waals surface area contributed by atoms with Gasteiger partial charge in [-0.15, -0.1) is 0 Å². The number of aryl methyl sites for hydroxylation is 1. The predicted molar refractivity (Wildman–Crippen MR) is 58.3 cm³/mol. The van der Waals surface area contributed by atoms with Crippen LogP contribution in [0.4, 0.5) is 0 Å². The second-order valence-corrected chi connectivity index (χ2v) is 3.77. The zero-order valence-corrected chi connectivity index (χ0v) is 9.16. The molecule has 0 spiro atoms. The quantitative estimate of drug-likeness (QED) is 0.575. The van der Waals surface area contributed by atoms with Gasteiger partial charge in [0.2, 0.25) is 5.56 Å². The predicted octanol–water partition coefficient (Wildman–Crippen LogP) is 2.41. The molecule has 0 aliphatic heterocycles. The van der Waals surface area contributed by atoms with E-state index in [0.29, 0.717) is 0 Å². The molecule has 0 saturated heterocycles. The second kappa shape index (κ2) is 5.97. The summed E-state index contributed by atoms with van der Waals surface area (Å²) < 4.78 is 1.76. The number of halogens is 1. The first-order chi connectivity index (χ1) is 6.34. The molecule has 13 heavy (non-hydrogen) atoms. The fraction of sp³-hybridized carbons (Fsp3) is 0.500. The largest absolute Gasteiger partial charge is 0.316 e. The minimum atomic E-state index is 0.0985. The molecular formula is C10H14BrNO. The van der Waals surface area contributed by atoms with Gasteiger partial charge in [-0.05, 0) is 18.9 Å². The van der Waals surface area contributed by atoms with Gasteiger partial charge >= 0.3 is 0 Å². The van der Waals surface area contributed by atoms with Gasteiger partial charge in [-0.3, -0.25) is 4.79 Å². The maximum atomic E-state index is 11.2. The van der Waals surface area contributed by atoms with Crippen LogP contribution in [0.3, 0.4) is 0 Å². The Bertz CT molecular complexity index is 295. The lowest BCUT2D eigenvalue weighted by Crippen LogP contribution is -2.17. The zero-order chi connectivity index (χ0) is 9.52. The Morgan fingerprint density at radius 1 is 1.23 bits per heavy atom. The highest BCUT2D eigenvalue weighted by Crippen LogP contribution is 1.99. The van der Waals surface area contributed by atoms with Crippen LogP contribution in [0, 0.1) is 0 Å². The molecule has 0 saturated carbocycles. The first-order valence-electron chi connectivity index (χ1n) is 4.56. The first-order valence-corrected chi connectivity index (χ1v) is 5.68. The first kappa shape index (κ1) is 10.5. The van der Waals surface area contributed by atoms with Crippen molar-refractivity contribution in [2.75, 3.05) is 5.33 Å². The summed E-state index contributed by atoms with van der Waals surface area (Å²) in [5.74, 6) is 0. The van der Waals surface area contributed by atoms with Crippen molar-refractivity contribution in [3.63, 3.8) is 0 Å². The minimum absolute atomic E-state index is 0.0985. The fourth-order valence-corrected chi connectivity index (χ4v) is 1.60. The molecule has 1 rings (SSSR count). The Balaban J connectivity index is 2.37. The smallest absolute Gasteiger partial charge is 0.250 e. The van der Waals surface area contributed by atoms with E-state index < -0.39 is 0 Å². The summed E-state index contributed by atoms with van der Waals surface area (Å²) in [7, 11) is 0. The Hall–Kier alpha value is -0.570. The Morgan fingerprint density at radius 2 is 2.08 bits per heavy atom. The maximum absolute atomic E-state index is 11.2. The third-order valence-corrected chi connectivity index (χ3v) is 2.49. The van der Waals surface area contributed by atoms with E-state index in [4.69, 9.17) is 0 Å². The number of unbranched alkanes of at least 4 members (excludes halogenated alkanes) is 2. The molecule has 0 atom stereocenters. The van der Waals surface area contributed by atoms with Gasteiger partial charge in [0.25, 0.3) is 0 Å². The zero-order valence-electron chi connectivity index (χ0n) is 7.58. The van der Waals surface area contributed by atoms with Gasteiger partial charge < -0.3 is 4.57 Å². The van der Waals surface area contributed by atoms with Crippen LogP contribution in [0.1, 0.15) is 19.3 Å². The molecule has 1 heterocycles. The summed E-state index contributed by atoms with van der Waals surface area (Å²) in [6.07, 6.45) is 5.28. The number of nitrogens with zero attached hydrogens (tertiary/aromatic N) is 1. The Morgan fingerprint density at radius 3 is 2.77 bits per heavy atom. The molecule has 0 amide bonds. The summed E-state index contributed by atoms with van der Waals surface area (Å²) in [5.41, 5.74) is 0.0985. The molecule has 2 nitrogen and oxygen atoms in total. The number of pyridine rings is 1. The van der Waals surface area contributed by atoms with Crippen molar-refractivity contribution in [1.29, 1.82) is 0 Å². The van der Waals surface area contributed by atoms with Crippen LogP contribution in [-0.2, 0) is 6.54 Å². The number of rotatable bonds is 5. The molecule has 1 aromatic heterocycles. The molecule has 0 bridgehead atoms. The SMILES string of the molecule is O=c1ccccn1CCCCCBr. The van der Waals surface area contributed by atoms with Gasteiger partial charge in [-0.25, -0.2) is 0 Å². The minimum Gasteiger partial charge on any atom is -0.316 e. The molecule has 0 aliphatic carbocycles. The highest BCUT2D eigenvalue weighted by molar-refractivity contribution is 9.09. The molecular weight excluding hydrogens is 230 g/mol. The third kappa shape index (κ3) is 3.77. The standard InChI is InChI=1S/C10H14BrNO/c11-7-3-1-4-8-12-9-5-2-6-10(12)13/h2,5-6,9H,1,3-4,7-8H2.